The van der Waals surface area contributed by atoms with Crippen molar-refractivity contribution in [2.75, 3.05) is 26.8 Å². The van der Waals surface area contributed by atoms with E-state index >= 15 is 0 Å². The molecule has 1 aromatic heterocycles. The van der Waals surface area contributed by atoms with E-state index in [1.165, 1.54) is 0 Å². The molecule has 3 saturated heterocycles. The molecule has 4 heterocycles. The maximum Gasteiger partial charge on any atom is 0.254 e. The van der Waals surface area contributed by atoms with E-state index in [-0.39, 0.29) is 36.1 Å². The van der Waals surface area contributed by atoms with Gasteiger partial charge in [-0.05, 0) is 47.4 Å². The summed E-state index contributed by atoms with van der Waals surface area (Å²) in [5.74, 6) is 0.948. The lowest BCUT2D eigenvalue weighted by atomic mass is 9.74. The van der Waals surface area contributed by atoms with Crippen LogP contribution in [0.2, 0.25) is 0 Å². The number of ether oxygens (including phenoxy) is 2. The van der Waals surface area contributed by atoms with Gasteiger partial charge in [-0.3, -0.25) is 4.79 Å². The van der Waals surface area contributed by atoms with Crippen LogP contribution in [0.3, 0.4) is 0 Å². The third-order valence-corrected chi connectivity index (χ3v) is 7.69. The average Bonchev–Trinajstić information content (AvgIpc) is 3.51. The Morgan fingerprint density at radius 2 is 2.00 bits per heavy atom. The fraction of sp³-hybridized carbons (Fsp3) is 0.385. The van der Waals surface area contributed by atoms with Crippen molar-refractivity contribution < 1.29 is 19.4 Å². The van der Waals surface area contributed by atoms with Gasteiger partial charge in [0, 0.05) is 42.3 Å². The molecule has 3 aliphatic heterocycles. The lowest BCUT2D eigenvalue weighted by Crippen LogP contribution is -2.38. The first kappa shape index (κ1) is 19.7. The molecule has 32 heavy (non-hydrogen) atoms. The quantitative estimate of drug-likeness (QED) is 0.686. The molecule has 2 aromatic carbocycles. The van der Waals surface area contributed by atoms with E-state index in [4.69, 9.17) is 9.47 Å². The highest BCUT2D eigenvalue weighted by Crippen LogP contribution is 2.54. The number of likely N-dealkylation sites (tertiary alicyclic amines) is 1. The first-order chi connectivity index (χ1) is 15.6. The summed E-state index contributed by atoms with van der Waals surface area (Å²) in [6.07, 6.45) is 3.82. The fourth-order valence-corrected chi connectivity index (χ4v) is 6.25. The predicted octanol–water partition coefficient (Wildman–Crippen LogP) is 3.52. The van der Waals surface area contributed by atoms with Crippen molar-refractivity contribution in [3.63, 3.8) is 0 Å². The van der Waals surface area contributed by atoms with Crippen LogP contribution in [0.5, 0.6) is 5.88 Å². The molecule has 2 bridgehead atoms. The van der Waals surface area contributed by atoms with E-state index in [1.807, 2.05) is 53.4 Å². The van der Waals surface area contributed by atoms with Gasteiger partial charge in [0.1, 0.15) is 0 Å². The zero-order valence-electron chi connectivity index (χ0n) is 18.0. The Morgan fingerprint density at radius 3 is 2.84 bits per heavy atom. The Kier molecular flexibility index (Phi) is 4.49. The van der Waals surface area contributed by atoms with Gasteiger partial charge in [-0.15, -0.1) is 0 Å². The van der Waals surface area contributed by atoms with E-state index in [0.717, 1.165) is 34.7 Å². The molecule has 4 atom stereocenters. The minimum atomic E-state index is -0.271. The molecule has 1 amide bonds. The van der Waals surface area contributed by atoms with Crippen LogP contribution >= 0.6 is 0 Å². The molecule has 3 aliphatic rings. The number of aromatic nitrogens is 1. The number of hydrogen-bond acceptors (Lipinski definition) is 5. The number of aliphatic hydroxyl groups is 1. The van der Waals surface area contributed by atoms with Crippen LogP contribution in [0, 0.1) is 11.8 Å². The van der Waals surface area contributed by atoms with E-state index < -0.39 is 0 Å². The smallest absolute Gasteiger partial charge is 0.254 e. The number of fused-ring (bicyclic) bond motifs is 2. The largest absolute Gasteiger partial charge is 0.481 e. The van der Waals surface area contributed by atoms with Gasteiger partial charge in [-0.25, -0.2) is 4.98 Å². The normalized spacial score (nSPS) is 28.3. The average molecular weight is 431 g/mol. The van der Waals surface area contributed by atoms with E-state index in [9.17, 15) is 9.90 Å². The van der Waals surface area contributed by atoms with Crippen LogP contribution in [0.25, 0.3) is 21.9 Å². The molecule has 0 radical (unpaired) electrons. The molecular formula is C26H26N2O4. The third kappa shape index (κ3) is 2.72. The predicted molar refractivity (Wildman–Crippen MR) is 121 cm³/mol. The summed E-state index contributed by atoms with van der Waals surface area (Å²) in [7, 11) is 1.62. The number of hydrogen-bond donors (Lipinski definition) is 1. The Hall–Kier alpha value is -2.96. The molecule has 3 aromatic rings. The van der Waals surface area contributed by atoms with Crippen molar-refractivity contribution in [1.29, 1.82) is 0 Å². The number of benzene rings is 2. The van der Waals surface area contributed by atoms with Crippen LogP contribution in [-0.2, 0) is 4.74 Å². The molecule has 164 valence electrons. The Morgan fingerprint density at radius 1 is 1.19 bits per heavy atom. The molecule has 1 N–H and O–H groups in total. The highest BCUT2D eigenvalue weighted by molar-refractivity contribution is 6.10. The van der Waals surface area contributed by atoms with Gasteiger partial charge in [0.05, 0.1) is 25.4 Å². The highest BCUT2D eigenvalue weighted by Gasteiger charge is 2.63. The monoisotopic (exact) mass is 430 g/mol. The topological polar surface area (TPSA) is 71.9 Å². The van der Waals surface area contributed by atoms with Crippen molar-refractivity contribution in [2.45, 2.75) is 24.5 Å². The molecule has 6 nitrogen and oxygen atoms in total. The Bertz CT molecular complexity index is 1210. The van der Waals surface area contributed by atoms with Crippen LogP contribution in [0.4, 0.5) is 0 Å². The summed E-state index contributed by atoms with van der Waals surface area (Å²) < 4.78 is 11.8. The number of amides is 1. The van der Waals surface area contributed by atoms with Gasteiger partial charge in [0.2, 0.25) is 5.88 Å². The van der Waals surface area contributed by atoms with Gasteiger partial charge < -0.3 is 19.5 Å². The summed E-state index contributed by atoms with van der Waals surface area (Å²) in [6, 6.07) is 15.8. The molecule has 6 heteroatoms. The van der Waals surface area contributed by atoms with Crippen LogP contribution in [0.15, 0.2) is 54.7 Å². The zero-order chi connectivity index (χ0) is 21.9. The van der Waals surface area contributed by atoms with E-state index in [1.54, 1.807) is 13.3 Å². The van der Waals surface area contributed by atoms with Gasteiger partial charge in [0.25, 0.3) is 5.91 Å². The second kappa shape index (κ2) is 7.29. The van der Waals surface area contributed by atoms with Crippen LogP contribution in [-0.4, -0.2) is 59.4 Å². The summed E-state index contributed by atoms with van der Waals surface area (Å²) in [4.78, 5) is 20.0. The minimum Gasteiger partial charge on any atom is -0.481 e. The maximum atomic E-state index is 13.7. The van der Waals surface area contributed by atoms with Crippen molar-refractivity contribution >= 4 is 16.7 Å². The number of nitrogens with zero attached hydrogens (tertiary/aromatic N) is 2. The lowest BCUT2D eigenvalue weighted by molar-refractivity contribution is 0.00156. The zero-order valence-corrected chi connectivity index (χ0v) is 18.0. The van der Waals surface area contributed by atoms with Crippen molar-refractivity contribution in [1.82, 2.24) is 9.88 Å². The van der Waals surface area contributed by atoms with Gasteiger partial charge in [-0.1, -0.05) is 30.3 Å². The van der Waals surface area contributed by atoms with Crippen molar-refractivity contribution in [2.24, 2.45) is 11.8 Å². The number of rotatable bonds is 4. The Labute approximate surface area is 186 Å². The SMILES string of the molecule is COc1ncccc1-c1cccc2c(C(=O)N3C[C@H]4[C@@H](CO)[C@@H]5CC[C@@]4(C3)O5)cccc12. The molecule has 0 unspecified atom stereocenters. The number of pyridine rings is 1. The molecular weight excluding hydrogens is 404 g/mol. The maximum absolute atomic E-state index is 13.7. The summed E-state index contributed by atoms with van der Waals surface area (Å²) in [5.41, 5.74) is 2.31. The second-order valence-corrected chi connectivity index (χ2v) is 9.16. The molecule has 1 spiro atoms. The van der Waals surface area contributed by atoms with E-state index in [2.05, 4.69) is 4.98 Å². The van der Waals surface area contributed by atoms with E-state index in [0.29, 0.717) is 24.5 Å². The number of carbonyl (C=O) groups excluding carboxylic acids is 1. The fourth-order valence-electron chi connectivity index (χ4n) is 6.25. The number of methoxy groups -OCH3 is 1. The molecule has 0 saturated carbocycles. The number of carbonyl (C=O) groups is 1. The lowest BCUT2D eigenvalue weighted by Gasteiger charge is -2.27. The van der Waals surface area contributed by atoms with Gasteiger partial charge in [0.15, 0.2) is 0 Å². The first-order valence-corrected chi connectivity index (χ1v) is 11.2. The molecule has 0 aliphatic carbocycles. The summed E-state index contributed by atoms with van der Waals surface area (Å²) in [5, 5.41) is 11.8. The highest BCUT2D eigenvalue weighted by atomic mass is 16.5. The third-order valence-electron chi connectivity index (χ3n) is 7.69. The standard InChI is InChI=1S/C26H26N2O4/c1-31-24-19(9-4-12-27-24)17-6-2-7-18-16(17)5-3-8-20(18)25(30)28-13-22-21(14-29)23-10-11-26(22,15-28)32-23/h2-9,12,21-23,29H,10-11,13-15H2,1H3/t21-,22+,23+,26+/m1/s1. The van der Waals surface area contributed by atoms with Gasteiger partial charge >= 0.3 is 0 Å². The number of aliphatic hydroxyl groups excluding tert-OH is 1. The molecule has 3 fully saturated rings. The first-order valence-electron chi connectivity index (χ1n) is 11.2. The van der Waals surface area contributed by atoms with Crippen LogP contribution < -0.4 is 4.74 Å². The minimum absolute atomic E-state index is 0.0263. The van der Waals surface area contributed by atoms with Crippen LogP contribution in [0.1, 0.15) is 23.2 Å². The Balaban J connectivity index is 1.39. The summed E-state index contributed by atoms with van der Waals surface area (Å²) in [6.45, 7) is 1.38. The van der Waals surface area contributed by atoms with Crippen molar-refractivity contribution in [3.8, 4) is 17.0 Å². The second-order valence-electron chi connectivity index (χ2n) is 9.16. The van der Waals surface area contributed by atoms with Gasteiger partial charge in [-0.2, -0.15) is 0 Å². The summed E-state index contributed by atoms with van der Waals surface area (Å²) >= 11 is 0. The molecule has 6 rings (SSSR count). The van der Waals surface area contributed by atoms with Crippen molar-refractivity contribution in [3.05, 3.63) is 60.3 Å².